The maximum Gasteiger partial charge on any atom is 0.269 e. The van der Waals surface area contributed by atoms with E-state index < -0.39 is 11.8 Å². The molecule has 0 saturated heterocycles. The van der Waals surface area contributed by atoms with Crippen LogP contribution in [0.4, 0.5) is 8.78 Å². The highest BCUT2D eigenvalue weighted by molar-refractivity contribution is 4.99. The van der Waals surface area contributed by atoms with E-state index in [9.17, 15) is 8.78 Å². The third kappa shape index (κ3) is 16.3. The van der Waals surface area contributed by atoms with E-state index in [1.807, 2.05) is 6.08 Å². The number of rotatable bonds is 22. The lowest BCUT2D eigenvalue weighted by Gasteiger charge is -2.25. The molecule has 0 aromatic heterocycles. The van der Waals surface area contributed by atoms with Crippen LogP contribution in [0.25, 0.3) is 0 Å². The molecule has 180 valence electrons. The van der Waals surface area contributed by atoms with Gasteiger partial charge in [0.2, 0.25) is 0 Å². The molecule has 0 aliphatic carbocycles. The lowest BCUT2D eigenvalue weighted by atomic mass is 9.88. The fourth-order valence-corrected chi connectivity index (χ4v) is 4.45. The van der Waals surface area contributed by atoms with Crippen LogP contribution in [0.1, 0.15) is 150 Å². The van der Waals surface area contributed by atoms with E-state index in [1.54, 1.807) is 0 Å². The minimum absolute atomic E-state index is 0.474. The van der Waals surface area contributed by atoms with Crippen LogP contribution < -0.4 is 0 Å². The maximum atomic E-state index is 15.0. The lowest BCUT2D eigenvalue weighted by molar-refractivity contribution is -0.0185. The first-order valence-corrected chi connectivity index (χ1v) is 13.6. The summed E-state index contributed by atoms with van der Waals surface area (Å²) in [6.07, 6.45) is 24.2. The minimum Gasteiger partial charge on any atom is -0.202 e. The smallest absolute Gasteiger partial charge is 0.202 e. The first kappa shape index (κ1) is 29.6. The van der Waals surface area contributed by atoms with Crippen LogP contribution in [0, 0.1) is 11.8 Å². The SMILES string of the molecule is CCCCCCC(C/C=C/C(F)(F)C(CCCC)CCCCCC)CCCCCC. The van der Waals surface area contributed by atoms with Gasteiger partial charge < -0.3 is 0 Å². The van der Waals surface area contributed by atoms with E-state index in [-0.39, 0.29) is 0 Å². The van der Waals surface area contributed by atoms with Gasteiger partial charge in [0.05, 0.1) is 0 Å². The largest absolute Gasteiger partial charge is 0.269 e. The molecule has 0 aromatic carbocycles. The van der Waals surface area contributed by atoms with E-state index in [0.717, 1.165) is 38.5 Å². The fourth-order valence-electron chi connectivity index (χ4n) is 4.45. The van der Waals surface area contributed by atoms with Crippen LogP contribution in [0.3, 0.4) is 0 Å². The van der Waals surface area contributed by atoms with Gasteiger partial charge in [-0.15, -0.1) is 0 Å². The molecule has 0 aliphatic heterocycles. The Morgan fingerprint density at radius 1 is 0.567 bits per heavy atom. The van der Waals surface area contributed by atoms with Crippen LogP contribution in [-0.2, 0) is 0 Å². The van der Waals surface area contributed by atoms with Crippen LogP contribution in [0.5, 0.6) is 0 Å². The van der Waals surface area contributed by atoms with Crippen molar-refractivity contribution in [1.82, 2.24) is 0 Å². The first-order chi connectivity index (χ1) is 14.5. The van der Waals surface area contributed by atoms with E-state index in [1.165, 1.54) is 76.7 Å². The zero-order chi connectivity index (χ0) is 22.5. The summed E-state index contributed by atoms with van der Waals surface area (Å²) in [7, 11) is 0. The summed E-state index contributed by atoms with van der Waals surface area (Å²) in [6.45, 7) is 8.76. The predicted molar refractivity (Wildman–Crippen MR) is 131 cm³/mol. The molecular formula is C28H54F2. The second kappa shape index (κ2) is 20.5. The van der Waals surface area contributed by atoms with Crippen molar-refractivity contribution in [2.45, 2.75) is 156 Å². The Morgan fingerprint density at radius 2 is 1.00 bits per heavy atom. The standard InChI is InChI=1S/C28H54F2/c1-5-9-13-16-20-26(21-17-14-10-6-2)22-19-25-28(29,30)27(23-12-8-4)24-18-15-11-7-3/h19,25-27H,5-18,20-24H2,1-4H3/b25-19+. The summed E-state index contributed by atoms with van der Waals surface area (Å²) < 4.78 is 30.0. The predicted octanol–water partition coefficient (Wildman–Crippen LogP) is 10.9. The molecule has 1 unspecified atom stereocenters. The summed E-state index contributed by atoms with van der Waals surface area (Å²) in [6, 6.07) is 0. The van der Waals surface area contributed by atoms with Crippen molar-refractivity contribution in [3.63, 3.8) is 0 Å². The number of hydrogen-bond acceptors (Lipinski definition) is 0. The van der Waals surface area contributed by atoms with Gasteiger partial charge in [-0.05, 0) is 31.3 Å². The van der Waals surface area contributed by atoms with E-state index in [0.29, 0.717) is 18.8 Å². The topological polar surface area (TPSA) is 0 Å². The average Bonchev–Trinajstić information content (AvgIpc) is 2.73. The first-order valence-electron chi connectivity index (χ1n) is 13.6. The number of unbranched alkanes of at least 4 members (excludes halogenated alkanes) is 10. The van der Waals surface area contributed by atoms with Crippen molar-refractivity contribution in [3.05, 3.63) is 12.2 Å². The van der Waals surface area contributed by atoms with Gasteiger partial charge in [0.25, 0.3) is 5.92 Å². The molecule has 0 saturated carbocycles. The van der Waals surface area contributed by atoms with Crippen molar-refractivity contribution in [2.75, 3.05) is 0 Å². The van der Waals surface area contributed by atoms with Gasteiger partial charge >= 0.3 is 0 Å². The fraction of sp³-hybridized carbons (Fsp3) is 0.929. The second-order valence-electron chi connectivity index (χ2n) is 9.57. The Labute approximate surface area is 188 Å². The molecule has 0 bridgehead atoms. The second-order valence-corrected chi connectivity index (χ2v) is 9.57. The van der Waals surface area contributed by atoms with Crippen LogP contribution in [0.15, 0.2) is 12.2 Å². The molecule has 0 N–H and O–H groups in total. The van der Waals surface area contributed by atoms with Crippen LogP contribution in [-0.4, -0.2) is 5.92 Å². The van der Waals surface area contributed by atoms with Crippen LogP contribution in [0.2, 0.25) is 0 Å². The molecule has 0 aliphatic rings. The van der Waals surface area contributed by atoms with Gasteiger partial charge in [-0.1, -0.05) is 137 Å². The highest BCUT2D eigenvalue weighted by Crippen LogP contribution is 2.35. The molecular weight excluding hydrogens is 374 g/mol. The Morgan fingerprint density at radius 3 is 1.47 bits per heavy atom. The van der Waals surface area contributed by atoms with Gasteiger partial charge in [0.15, 0.2) is 0 Å². The quantitative estimate of drug-likeness (QED) is 0.119. The highest BCUT2D eigenvalue weighted by atomic mass is 19.3. The normalized spacial score (nSPS) is 13.6. The van der Waals surface area contributed by atoms with Gasteiger partial charge in [0, 0.05) is 5.92 Å². The third-order valence-electron chi connectivity index (χ3n) is 6.60. The Bertz CT molecular complexity index is 363. The van der Waals surface area contributed by atoms with Crippen molar-refractivity contribution < 1.29 is 8.78 Å². The summed E-state index contributed by atoms with van der Waals surface area (Å²) in [4.78, 5) is 0. The summed E-state index contributed by atoms with van der Waals surface area (Å²) in [5.74, 6) is -2.53. The molecule has 0 amide bonds. The zero-order valence-corrected chi connectivity index (χ0v) is 21.0. The molecule has 2 heteroatoms. The molecule has 30 heavy (non-hydrogen) atoms. The van der Waals surface area contributed by atoms with E-state index >= 15 is 0 Å². The summed E-state index contributed by atoms with van der Waals surface area (Å²) in [5.41, 5.74) is 0. The highest BCUT2D eigenvalue weighted by Gasteiger charge is 2.35. The lowest BCUT2D eigenvalue weighted by Crippen LogP contribution is -2.26. The van der Waals surface area contributed by atoms with Gasteiger partial charge in [0.1, 0.15) is 0 Å². The zero-order valence-electron chi connectivity index (χ0n) is 21.0. The van der Waals surface area contributed by atoms with Crippen molar-refractivity contribution >= 4 is 0 Å². The molecule has 0 nitrogen and oxygen atoms in total. The maximum absolute atomic E-state index is 15.0. The number of halogens is 2. The average molecular weight is 429 g/mol. The molecule has 0 fully saturated rings. The molecule has 1 atom stereocenters. The number of hydrogen-bond donors (Lipinski definition) is 0. The summed E-state index contributed by atoms with van der Waals surface area (Å²) in [5, 5.41) is 0. The molecule has 0 spiro atoms. The van der Waals surface area contributed by atoms with Gasteiger partial charge in [-0.25, -0.2) is 8.78 Å². The number of alkyl halides is 2. The van der Waals surface area contributed by atoms with Gasteiger partial charge in [-0.2, -0.15) is 0 Å². The van der Waals surface area contributed by atoms with Gasteiger partial charge in [-0.3, -0.25) is 0 Å². The van der Waals surface area contributed by atoms with E-state index in [2.05, 4.69) is 27.7 Å². The molecule has 0 rings (SSSR count). The minimum atomic E-state index is -2.64. The number of allylic oxidation sites excluding steroid dienone is 2. The monoisotopic (exact) mass is 428 g/mol. The Balaban J connectivity index is 4.71. The molecule has 0 heterocycles. The van der Waals surface area contributed by atoms with Crippen LogP contribution >= 0.6 is 0 Å². The Kier molecular flexibility index (Phi) is 20.2. The van der Waals surface area contributed by atoms with Crippen molar-refractivity contribution in [3.8, 4) is 0 Å². The van der Waals surface area contributed by atoms with E-state index in [4.69, 9.17) is 0 Å². The molecule has 0 aromatic rings. The third-order valence-corrected chi connectivity index (χ3v) is 6.60. The Hall–Kier alpha value is -0.400. The van der Waals surface area contributed by atoms with Crippen molar-refractivity contribution in [1.29, 1.82) is 0 Å². The molecule has 0 radical (unpaired) electrons. The van der Waals surface area contributed by atoms with Crippen molar-refractivity contribution in [2.24, 2.45) is 11.8 Å². The summed E-state index contributed by atoms with van der Waals surface area (Å²) >= 11 is 0.